The zero-order chi connectivity index (χ0) is 20.6. The molecule has 9 heteroatoms. The number of hydrogen-bond acceptors (Lipinski definition) is 5. The standard InChI is InChI=1S/C11H21NO6S.C6H15N/c1-12(8-9-19(16,17)18)10(13)6-4-2-3-5-7-11(14)15;1-4-7(5-2)6-3/h2-9H2,1H3,(H,14,15)(H,16,17,18);4-6H2,1-3H3. The van der Waals surface area contributed by atoms with Crippen LogP contribution in [0.25, 0.3) is 0 Å². The summed E-state index contributed by atoms with van der Waals surface area (Å²) in [6.07, 6.45) is 3.14. The summed E-state index contributed by atoms with van der Waals surface area (Å²) in [5.41, 5.74) is 0. The molecule has 0 aromatic heterocycles. The van der Waals surface area contributed by atoms with Gasteiger partial charge in [-0.3, -0.25) is 9.59 Å². The lowest BCUT2D eigenvalue weighted by Crippen LogP contribution is -3.11. The third kappa shape index (κ3) is 19.1. The second kappa shape index (κ2) is 16.0. The number of unbranched alkanes of at least 4 members (excludes halogenated alkanes) is 3. The number of carbonyl (C=O) groups excluding carboxylic acids is 1. The minimum Gasteiger partial charge on any atom is -0.748 e. The first-order chi connectivity index (χ1) is 12.1. The average Bonchev–Trinajstić information content (AvgIpc) is 2.56. The van der Waals surface area contributed by atoms with Gasteiger partial charge < -0.3 is 19.5 Å². The summed E-state index contributed by atoms with van der Waals surface area (Å²) in [5.74, 6) is -1.61. The zero-order valence-electron chi connectivity index (χ0n) is 16.6. The van der Waals surface area contributed by atoms with Gasteiger partial charge >= 0.3 is 5.97 Å². The molecule has 0 aliphatic rings. The van der Waals surface area contributed by atoms with Crippen LogP contribution in [0.2, 0.25) is 0 Å². The minimum atomic E-state index is -4.29. The molecule has 26 heavy (non-hydrogen) atoms. The van der Waals surface area contributed by atoms with E-state index in [1.54, 1.807) is 4.90 Å². The highest BCUT2D eigenvalue weighted by Crippen LogP contribution is 2.06. The van der Waals surface area contributed by atoms with E-state index in [4.69, 9.17) is 5.11 Å². The van der Waals surface area contributed by atoms with Gasteiger partial charge in [-0.05, 0) is 33.6 Å². The van der Waals surface area contributed by atoms with E-state index in [0.29, 0.717) is 12.8 Å². The van der Waals surface area contributed by atoms with Crippen molar-refractivity contribution in [1.82, 2.24) is 4.90 Å². The number of nitrogens with one attached hydrogen (secondary N) is 1. The second-order valence-corrected chi connectivity index (χ2v) is 7.72. The van der Waals surface area contributed by atoms with Crippen LogP contribution < -0.4 is 4.90 Å². The van der Waals surface area contributed by atoms with Crippen LogP contribution in [0, 0.1) is 0 Å². The van der Waals surface area contributed by atoms with Gasteiger partial charge in [0.15, 0.2) is 0 Å². The van der Waals surface area contributed by atoms with E-state index in [1.807, 2.05) is 0 Å². The normalized spacial score (nSPS) is 11.0. The number of carbonyl (C=O) groups is 2. The fourth-order valence-corrected chi connectivity index (χ4v) is 2.72. The van der Waals surface area contributed by atoms with E-state index in [2.05, 4.69) is 20.8 Å². The van der Waals surface area contributed by atoms with E-state index in [-0.39, 0.29) is 25.3 Å². The van der Waals surface area contributed by atoms with Crippen LogP contribution in [-0.4, -0.2) is 73.8 Å². The van der Waals surface area contributed by atoms with Crippen molar-refractivity contribution in [1.29, 1.82) is 0 Å². The molecule has 0 aliphatic carbocycles. The van der Waals surface area contributed by atoms with Gasteiger partial charge in [0.05, 0.1) is 35.5 Å². The highest BCUT2D eigenvalue weighted by Gasteiger charge is 2.09. The van der Waals surface area contributed by atoms with Crippen LogP contribution in [-0.2, 0) is 19.7 Å². The molecule has 0 saturated heterocycles. The predicted octanol–water partition coefficient (Wildman–Crippen LogP) is 0.346. The Bertz CT molecular complexity index is 472. The SMILES string of the molecule is CC[NH+](CC)CC.CN(CCS(=O)(=O)[O-])C(=O)CCCCCCC(=O)O. The Balaban J connectivity index is 0. The Morgan fingerprint density at radius 1 is 0.962 bits per heavy atom. The number of carboxylic acid groups (broad SMARTS) is 1. The van der Waals surface area contributed by atoms with Crippen LogP contribution in [0.5, 0.6) is 0 Å². The van der Waals surface area contributed by atoms with E-state index in [1.165, 1.54) is 31.6 Å². The fourth-order valence-electron chi connectivity index (χ4n) is 2.22. The molecule has 0 fully saturated rings. The molecule has 0 unspecified atom stereocenters. The predicted molar refractivity (Wildman–Crippen MR) is 100 cm³/mol. The van der Waals surface area contributed by atoms with Gasteiger partial charge in [0.25, 0.3) is 0 Å². The molecule has 0 radical (unpaired) electrons. The van der Waals surface area contributed by atoms with Crippen LogP contribution in [0.15, 0.2) is 0 Å². The highest BCUT2D eigenvalue weighted by atomic mass is 32.2. The Hall–Kier alpha value is -1.19. The maximum Gasteiger partial charge on any atom is 0.303 e. The minimum absolute atomic E-state index is 0.0936. The Kier molecular flexibility index (Phi) is 16.7. The lowest BCUT2D eigenvalue weighted by Gasteiger charge is -2.18. The largest absolute Gasteiger partial charge is 0.748 e. The summed E-state index contributed by atoms with van der Waals surface area (Å²) in [5, 5.41) is 8.42. The van der Waals surface area contributed by atoms with Crippen molar-refractivity contribution in [2.45, 2.75) is 59.3 Å². The fraction of sp³-hybridized carbons (Fsp3) is 0.882. The molecule has 0 spiro atoms. The van der Waals surface area contributed by atoms with Crippen molar-refractivity contribution in [3.8, 4) is 0 Å². The number of amides is 1. The molecule has 0 heterocycles. The van der Waals surface area contributed by atoms with E-state index < -0.39 is 21.8 Å². The summed E-state index contributed by atoms with van der Waals surface area (Å²) in [4.78, 5) is 24.7. The first kappa shape index (κ1) is 27.0. The molecule has 0 aromatic rings. The van der Waals surface area contributed by atoms with Crippen LogP contribution in [0.4, 0.5) is 0 Å². The maximum atomic E-state index is 11.5. The summed E-state index contributed by atoms with van der Waals surface area (Å²) in [6.45, 7) is 10.4. The number of hydrogen-bond donors (Lipinski definition) is 2. The molecule has 0 aliphatic heterocycles. The first-order valence-corrected chi connectivity index (χ1v) is 10.9. The molecule has 156 valence electrons. The van der Waals surface area contributed by atoms with Crippen LogP contribution >= 0.6 is 0 Å². The van der Waals surface area contributed by atoms with Crippen molar-refractivity contribution < 1.29 is 32.6 Å². The van der Waals surface area contributed by atoms with Crippen molar-refractivity contribution in [3.05, 3.63) is 0 Å². The van der Waals surface area contributed by atoms with E-state index >= 15 is 0 Å². The number of carboxylic acids is 1. The molecular formula is C17H36N2O6S. The van der Waals surface area contributed by atoms with Gasteiger partial charge in [0, 0.05) is 26.4 Å². The number of rotatable bonds is 13. The van der Waals surface area contributed by atoms with Gasteiger partial charge in [0.1, 0.15) is 0 Å². The lowest BCUT2D eigenvalue weighted by molar-refractivity contribution is -0.894. The number of aliphatic carboxylic acids is 1. The first-order valence-electron chi connectivity index (χ1n) is 9.30. The smallest absolute Gasteiger partial charge is 0.303 e. The lowest BCUT2D eigenvalue weighted by atomic mass is 10.1. The van der Waals surface area contributed by atoms with E-state index in [0.717, 1.165) is 12.8 Å². The molecule has 2 N–H and O–H groups in total. The molecule has 0 saturated carbocycles. The van der Waals surface area contributed by atoms with Crippen molar-refractivity contribution in [2.75, 3.05) is 39.0 Å². The third-order valence-corrected chi connectivity index (χ3v) is 4.82. The Labute approximate surface area is 158 Å². The molecule has 0 bridgehead atoms. The monoisotopic (exact) mass is 396 g/mol. The maximum absolute atomic E-state index is 11.5. The third-order valence-electron chi connectivity index (χ3n) is 4.13. The van der Waals surface area contributed by atoms with Crippen molar-refractivity contribution in [2.24, 2.45) is 0 Å². The summed E-state index contributed by atoms with van der Waals surface area (Å²) < 4.78 is 31.2. The van der Waals surface area contributed by atoms with Crippen molar-refractivity contribution >= 4 is 22.0 Å². The summed E-state index contributed by atoms with van der Waals surface area (Å²) in [7, 11) is -2.84. The molecule has 8 nitrogen and oxygen atoms in total. The molecule has 0 atom stereocenters. The quantitative estimate of drug-likeness (QED) is 0.342. The molecule has 1 amide bonds. The highest BCUT2D eigenvalue weighted by molar-refractivity contribution is 7.85. The zero-order valence-corrected chi connectivity index (χ0v) is 17.4. The summed E-state index contributed by atoms with van der Waals surface area (Å²) in [6, 6.07) is 0. The number of nitrogens with zero attached hydrogens (tertiary/aromatic N) is 1. The van der Waals surface area contributed by atoms with Gasteiger partial charge in [0.2, 0.25) is 5.91 Å². The van der Waals surface area contributed by atoms with Gasteiger partial charge in [-0.1, -0.05) is 12.8 Å². The average molecular weight is 397 g/mol. The number of quaternary nitrogens is 1. The van der Waals surface area contributed by atoms with Crippen LogP contribution in [0.3, 0.4) is 0 Å². The van der Waals surface area contributed by atoms with E-state index in [9.17, 15) is 22.6 Å². The van der Waals surface area contributed by atoms with Crippen molar-refractivity contribution in [3.63, 3.8) is 0 Å². The van der Waals surface area contributed by atoms with Gasteiger partial charge in [-0.15, -0.1) is 0 Å². The van der Waals surface area contributed by atoms with Crippen LogP contribution in [0.1, 0.15) is 59.3 Å². The Morgan fingerprint density at radius 3 is 1.77 bits per heavy atom. The molecule has 0 rings (SSSR count). The molecular weight excluding hydrogens is 360 g/mol. The molecule has 0 aromatic carbocycles. The second-order valence-electron chi connectivity index (χ2n) is 6.20. The van der Waals surface area contributed by atoms with Gasteiger partial charge in [-0.25, -0.2) is 8.42 Å². The topological polar surface area (TPSA) is 119 Å². The Morgan fingerprint density at radius 2 is 1.42 bits per heavy atom. The summed E-state index contributed by atoms with van der Waals surface area (Å²) >= 11 is 0. The van der Waals surface area contributed by atoms with Gasteiger partial charge in [-0.2, -0.15) is 0 Å².